The van der Waals surface area contributed by atoms with Crippen molar-refractivity contribution in [3.63, 3.8) is 0 Å². The smallest absolute Gasteiger partial charge is 0.251 e. The first-order chi connectivity index (χ1) is 13.3. The van der Waals surface area contributed by atoms with Gasteiger partial charge in [0.1, 0.15) is 12.6 Å². The Kier molecular flexibility index (Phi) is 7.86. The van der Waals surface area contributed by atoms with E-state index in [0.717, 1.165) is 5.56 Å². The van der Waals surface area contributed by atoms with Crippen LogP contribution in [0.25, 0.3) is 11.1 Å². The second-order valence-electron chi connectivity index (χ2n) is 6.71. The van der Waals surface area contributed by atoms with Gasteiger partial charge in [0.05, 0.1) is 6.07 Å². The second-order valence-corrected chi connectivity index (χ2v) is 7.52. The predicted octanol–water partition coefficient (Wildman–Crippen LogP) is 4.44. The van der Waals surface area contributed by atoms with Crippen LogP contribution in [0.4, 0.5) is 0 Å². The Morgan fingerprint density at radius 2 is 1.68 bits per heavy atom. The van der Waals surface area contributed by atoms with Crippen molar-refractivity contribution in [2.24, 2.45) is 5.92 Å². The van der Waals surface area contributed by atoms with E-state index in [-0.39, 0.29) is 24.3 Å². The van der Waals surface area contributed by atoms with Crippen molar-refractivity contribution in [3.8, 4) is 17.2 Å². The summed E-state index contributed by atoms with van der Waals surface area (Å²) in [5.74, 6) is -0.541. The highest BCUT2D eigenvalue weighted by Gasteiger charge is 2.22. The van der Waals surface area contributed by atoms with Gasteiger partial charge in [-0.15, -0.1) is 0 Å². The minimum atomic E-state index is -0.710. The zero-order valence-electron chi connectivity index (χ0n) is 15.6. The van der Waals surface area contributed by atoms with Gasteiger partial charge in [0.25, 0.3) is 5.91 Å². The lowest BCUT2D eigenvalue weighted by atomic mass is 10.0. The third-order valence-corrected chi connectivity index (χ3v) is 4.70. The molecule has 7 heteroatoms. The van der Waals surface area contributed by atoms with Crippen LogP contribution >= 0.6 is 23.2 Å². The van der Waals surface area contributed by atoms with E-state index in [1.54, 1.807) is 42.5 Å². The van der Waals surface area contributed by atoms with Gasteiger partial charge in [-0.1, -0.05) is 55.2 Å². The van der Waals surface area contributed by atoms with Crippen LogP contribution in [-0.2, 0) is 4.79 Å². The summed E-state index contributed by atoms with van der Waals surface area (Å²) in [6, 6.07) is 13.2. The molecule has 2 aromatic carbocycles. The molecule has 0 aliphatic rings. The number of carbonyl (C=O) groups is 2. The summed E-state index contributed by atoms with van der Waals surface area (Å²) in [7, 11) is 0. The molecule has 2 N–H and O–H groups in total. The molecule has 146 valence electrons. The van der Waals surface area contributed by atoms with Crippen molar-refractivity contribution < 1.29 is 9.59 Å². The summed E-state index contributed by atoms with van der Waals surface area (Å²) in [6.45, 7) is 3.81. The highest BCUT2D eigenvalue weighted by atomic mass is 35.5. The summed E-state index contributed by atoms with van der Waals surface area (Å²) in [5.41, 5.74) is 1.90. The molecule has 0 saturated heterocycles. The Labute approximate surface area is 174 Å². The average Bonchev–Trinajstić information content (AvgIpc) is 2.65. The van der Waals surface area contributed by atoms with Crippen molar-refractivity contribution in [1.29, 1.82) is 5.26 Å². The van der Waals surface area contributed by atoms with Crippen LogP contribution in [-0.4, -0.2) is 24.4 Å². The lowest BCUT2D eigenvalue weighted by molar-refractivity contribution is -0.123. The predicted molar refractivity (Wildman–Crippen MR) is 111 cm³/mol. The Balaban J connectivity index is 2.16. The summed E-state index contributed by atoms with van der Waals surface area (Å²) in [5, 5.41) is 14.9. The fraction of sp³-hybridized carbons (Fsp3) is 0.286. The number of nitrogens with zero attached hydrogens (tertiary/aromatic N) is 1. The van der Waals surface area contributed by atoms with Gasteiger partial charge < -0.3 is 10.6 Å². The van der Waals surface area contributed by atoms with E-state index in [0.29, 0.717) is 27.6 Å². The molecule has 0 aliphatic heterocycles. The summed E-state index contributed by atoms with van der Waals surface area (Å²) < 4.78 is 0. The molecule has 0 fully saturated rings. The number of hydrogen-bond donors (Lipinski definition) is 2. The number of hydrogen-bond acceptors (Lipinski definition) is 3. The first-order valence-electron chi connectivity index (χ1n) is 8.83. The zero-order valence-corrected chi connectivity index (χ0v) is 17.1. The van der Waals surface area contributed by atoms with E-state index in [4.69, 9.17) is 28.5 Å². The van der Waals surface area contributed by atoms with Crippen LogP contribution in [0, 0.1) is 17.2 Å². The quantitative estimate of drug-likeness (QED) is 0.652. The first kappa shape index (κ1) is 21.7. The number of nitriles is 1. The molecule has 28 heavy (non-hydrogen) atoms. The Hall–Kier alpha value is -2.55. The third kappa shape index (κ3) is 5.72. The number of benzene rings is 2. The normalized spacial score (nSPS) is 11.6. The maximum Gasteiger partial charge on any atom is 0.251 e. The molecule has 2 rings (SSSR count). The third-order valence-electron chi connectivity index (χ3n) is 4.07. The largest absolute Gasteiger partial charge is 0.341 e. The van der Waals surface area contributed by atoms with Gasteiger partial charge >= 0.3 is 0 Å². The van der Waals surface area contributed by atoms with Crippen LogP contribution in [0.15, 0.2) is 42.5 Å². The number of carbonyl (C=O) groups excluding carboxylic acids is 2. The number of nitrogens with one attached hydrogen (secondary N) is 2. The van der Waals surface area contributed by atoms with E-state index in [1.165, 1.54) is 0 Å². The highest BCUT2D eigenvalue weighted by molar-refractivity contribution is 6.39. The molecule has 0 spiro atoms. The van der Waals surface area contributed by atoms with Gasteiger partial charge in [-0.2, -0.15) is 5.26 Å². The van der Waals surface area contributed by atoms with Crippen LogP contribution in [0.3, 0.4) is 0 Å². The van der Waals surface area contributed by atoms with Crippen LogP contribution in [0.2, 0.25) is 10.0 Å². The van der Waals surface area contributed by atoms with Gasteiger partial charge in [0.15, 0.2) is 0 Å². The number of halogens is 2. The molecule has 0 radical (unpaired) electrons. The Bertz CT molecular complexity index is 869. The van der Waals surface area contributed by atoms with Gasteiger partial charge in [-0.25, -0.2) is 0 Å². The van der Waals surface area contributed by atoms with Crippen molar-refractivity contribution in [3.05, 3.63) is 58.1 Å². The van der Waals surface area contributed by atoms with Crippen LogP contribution in [0.5, 0.6) is 0 Å². The maximum atomic E-state index is 12.6. The Morgan fingerprint density at radius 3 is 2.21 bits per heavy atom. The van der Waals surface area contributed by atoms with Crippen molar-refractivity contribution in [2.45, 2.75) is 26.3 Å². The minimum absolute atomic E-state index is 0.101. The monoisotopic (exact) mass is 417 g/mol. The van der Waals surface area contributed by atoms with E-state index < -0.39 is 6.04 Å². The first-order valence-corrected chi connectivity index (χ1v) is 9.59. The molecule has 2 aromatic rings. The van der Waals surface area contributed by atoms with Crippen LogP contribution in [0.1, 0.15) is 30.6 Å². The molecule has 0 bridgehead atoms. The fourth-order valence-electron chi connectivity index (χ4n) is 2.76. The highest BCUT2D eigenvalue weighted by Crippen LogP contribution is 2.34. The minimum Gasteiger partial charge on any atom is -0.341 e. The molecule has 0 heterocycles. The topological polar surface area (TPSA) is 82.0 Å². The molecule has 0 saturated carbocycles. The lowest BCUT2D eigenvalue weighted by Crippen LogP contribution is -2.47. The van der Waals surface area contributed by atoms with Gasteiger partial charge in [0, 0.05) is 21.2 Å². The zero-order chi connectivity index (χ0) is 20.7. The molecule has 0 aliphatic carbocycles. The van der Waals surface area contributed by atoms with Crippen molar-refractivity contribution in [2.75, 3.05) is 6.54 Å². The van der Waals surface area contributed by atoms with Gasteiger partial charge in [0.2, 0.25) is 5.91 Å². The fourth-order valence-corrected chi connectivity index (χ4v) is 3.37. The van der Waals surface area contributed by atoms with E-state index >= 15 is 0 Å². The standard InChI is InChI=1S/C21H21Cl2N3O2/c1-13(2)12-18(21(28)25-11-10-24)26-20(27)15-8-6-14(7-9-15)19-16(22)4-3-5-17(19)23/h3-9,13,18H,11-12H2,1-2H3,(H,25,28)(H,26,27)/t18-/m0/s1. The maximum absolute atomic E-state index is 12.6. The van der Waals surface area contributed by atoms with Crippen LogP contribution < -0.4 is 10.6 Å². The lowest BCUT2D eigenvalue weighted by Gasteiger charge is -2.19. The molecule has 2 amide bonds. The molecule has 0 unspecified atom stereocenters. The van der Waals surface area contributed by atoms with E-state index in [2.05, 4.69) is 10.6 Å². The van der Waals surface area contributed by atoms with Gasteiger partial charge in [-0.05, 0) is 42.2 Å². The molecular formula is C21H21Cl2N3O2. The van der Waals surface area contributed by atoms with Gasteiger partial charge in [-0.3, -0.25) is 9.59 Å². The molecule has 5 nitrogen and oxygen atoms in total. The number of rotatable bonds is 7. The molecule has 0 aromatic heterocycles. The SMILES string of the molecule is CC(C)C[C@H](NC(=O)c1ccc(-c2c(Cl)cccc2Cl)cc1)C(=O)NCC#N. The Morgan fingerprint density at radius 1 is 1.07 bits per heavy atom. The summed E-state index contributed by atoms with van der Waals surface area (Å²) >= 11 is 12.5. The average molecular weight is 418 g/mol. The molecule has 1 atom stereocenters. The molecular weight excluding hydrogens is 397 g/mol. The van der Waals surface area contributed by atoms with Crippen molar-refractivity contribution >= 4 is 35.0 Å². The van der Waals surface area contributed by atoms with E-state index in [9.17, 15) is 9.59 Å². The van der Waals surface area contributed by atoms with E-state index in [1.807, 2.05) is 19.9 Å². The second kappa shape index (κ2) is 10.1. The summed E-state index contributed by atoms with van der Waals surface area (Å²) in [4.78, 5) is 24.8. The van der Waals surface area contributed by atoms with Crippen molar-refractivity contribution in [1.82, 2.24) is 10.6 Å². The summed E-state index contributed by atoms with van der Waals surface area (Å²) in [6.07, 6.45) is 0.469. The number of amides is 2.